The van der Waals surface area contributed by atoms with Crippen molar-refractivity contribution >= 4 is 17.3 Å². The topological polar surface area (TPSA) is 21.3 Å². The molecular weight excluding hydrogens is 378 g/mol. The van der Waals surface area contributed by atoms with Crippen LogP contribution in [0.25, 0.3) is 0 Å². The first-order chi connectivity index (χ1) is 14.2. The minimum Gasteiger partial charge on any atom is -0.489 e. The molecule has 5 rings (SSSR count). The van der Waals surface area contributed by atoms with Crippen LogP contribution in [0.5, 0.6) is 5.75 Å². The van der Waals surface area contributed by atoms with Crippen LogP contribution in [0, 0.1) is 12.8 Å². The van der Waals surface area contributed by atoms with Crippen molar-refractivity contribution in [2.75, 3.05) is 5.32 Å². The third kappa shape index (κ3) is 3.42. The minimum atomic E-state index is 0.267. The molecule has 3 atom stereocenters. The highest BCUT2D eigenvalue weighted by Crippen LogP contribution is 2.51. The second-order valence-electron chi connectivity index (χ2n) is 7.96. The third-order valence-electron chi connectivity index (χ3n) is 6.22. The smallest absolute Gasteiger partial charge is 0.119 e. The molecule has 29 heavy (non-hydrogen) atoms. The van der Waals surface area contributed by atoms with E-state index in [0.29, 0.717) is 18.4 Å². The zero-order valence-electron chi connectivity index (χ0n) is 16.4. The first-order valence-electron chi connectivity index (χ1n) is 10.2. The Balaban J connectivity index is 1.38. The Labute approximate surface area is 177 Å². The Morgan fingerprint density at radius 1 is 1.00 bits per heavy atom. The average Bonchev–Trinajstić information content (AvgIpc) is 3.26. The van der Waals surface area contributed by atoms with Crippen LogP contribution in [-0.2, 0) is 6.61 Å². The highest BCUT2D eigenvalue weighted by molar-refractivity contribution is 6.31. The van der Waals surface area contributed by atoms with Gasteiger partial charge in [0.25, 0.3) is 0 Å². The van der Waals surface area contributed by atoms with Crippen LogP contribution in [0.15, 0.2) is 78.9 Å². The lowest BCUT2D eigenvalue weighted by atomic mass is 9.76. The number of benzene rings is 3. The molecule has 1 aliphatic heterocycles. The number of anilines is 1. The van der Waals surface area contributed by atoms with Gasteiger partial charge in [0, 0.05) is 16.6 Å². The number of hydrogen-bond acceptors (Lipinski definition) is 2. The lowest BCUT2D eigenvalue weighted by Gasteiger charge is -2.38. The highest BCUT2D eigenvalue weighted by atomic mass is 35.5. The summed E-state index contributed by atoms with van der Waals surface area (Å²) in [4.78, 5) is 0. The fourth-order valence-corrected chi connectivity index (χ4v) is 4.79. The summed E-state index contributed by atoms with van der Waals surface area (Å²) in [5.74, 6) is 1.87. The molecular formula is C26H24ClNO. The predicted octanol–water partition coefficient (Wildman–Crippen LogP) is 7.05. The molecule has 0 amide bonds. The Bertz CT molecular complexity index is 1040. The Hall–Kier alpha value is -2.71. The maximum Gasteiger partial charge on any atom is 0.119 e. The van der Waals surface area contributed by atoms with Crippen LogP contribution in [0.1, 0.15) is 40.6 Å². The van der Waals surface area contributed by atoms with Gasteiger partial charge in [-0.05, 0) is 59.7 Å². The summed E-state index contributed by atoms with van der Waals surface area (Å²) in [6.45, 7) is 2.69. The first kappa shape index (κ1) is 18.3. The van der Waals surface area contributed by atoms with Gasteiger partial charge in [-0.3, -0.25) is 0 Å². The van der Waals surface area contributed by atoms with E-state index in [1.165, 1.54) is 22.4 Å². The maximum atomic E-state index is 6.41. The van der Waals surface area contributed by atoms with Gasteiger partial charge in [-0.15, -0.1) is 0 Å². The Morgan fingerprint density at radius 2 is 1.79 bits per heavy atom. The monoisotopic (exact) mass is 401 g/mol. The summed E-state index contributed by atoms with van der Waals surface area (Å²) in [5, 5.41) is 4.63. The van der Waals surface area contributed by atoms with Crippen molar-refractivity contribution in [2.24, 2.45) is 5.92 Å². The normalized spacial score (nSPS) is 21.9. The highest BCUT2D eigenvalue weighted by Gasteiger charge is 2.38. The zero-order valence-corrected chi connectivity index (χ0v) is 17.2. The van der Waals surface area contributed by atoms with Crippen LogP contribution in [-0.4, -0.2) is 0 Å². The molecule has 0 saturated heterocycles. The summed E-state index contributed by atoms with van der Waals surface area (Å²) in [6.07, 6.45) is 5.78. The lowest BCUT2D eigenvalue weighted by Crippen LogP contribution is -2.29. The molecule has 0 saturated carbocycles. The van der Waals surface area contributed by atoms with Gasteiger partial charge in [0.05, 0.1) is 6.04 Å². The van der Waals surface area contributed by atoms with E-state index in [9.17, 15) is 0 Å². The maximum absolute atomic E-state index is 6.41. The van der Waals surface area contributed by atoms with E-state index < -0.39 is 0 Å². The van der Waals surface area contributed by atoms with Gasteiger partial charge in [-0.2, -0.15) is 0 Å². The fraction of sp³-hybridized carbons (Fsp3) is 0.231. The van der Waals surface area contributed by atoms with Crippen molar-refractivity contribution in [2.45, 2.75) is 31.9 Å². The number of rotatable bonds is 4. The summed E-state index contributed by atoms with van der Waals surface area (Å²) in [6, 6.07) is 23.3. The predicted molar refractivity (Wildman–Crippen MR) is 120 cm³/mol. The fourth-order valence-electron chi connectivity index (χ4n) is 4.63. The zero-order chi connectivity index (χ0) is 19.8. The molecule has 3 aromatic rings. The molecule has 0 radical (unpaired) electrons. The van der Waals surface area contributed by atoms with E-state index in [1.807, 2.05) is 24.3 Å². The lowest BCUT2D eigenvalue weighted by molar-refractivity contribution is 0.306. The summed E-state index contributed by atoms with van der Waals surface area (Å²) in [7, 11) is 0. The molecule has 3 heteroatoms. The van der Waals surface area contributed by atoms with Crippen molar-refractivity contribution < 1.29 is 4.74 Å². The van der Waals surface area contributed by atoms with Crippen molar-refractivity contribution in [1.82, 2.24) is 0 Å². The number of nitrogens with one attached hydrogen (secondary N) is 1. The second kappa shape index (κ2) is 7.61. The minimum absolute atomic E-state index is 0.267. The summed E-state index contributed by atoms with van der Waals surface area (Å²) in [5.41, 5.74) is 6.16. The molecule has 3 aromatic carbocycles. The standard InChI is InChI=1S/C26H24ClNO/c1-17-24(27)15-14-23-21-8-5-9-22(21)26(28-25(17)23)19-10-12-20(13-11-19)29-16-18-6-3-2-4-7-18/h2-8,10-15,21-22,26,28H,9,16H2,1H3. The third-order valence-corrected chi connectivity index (χ3v) is 6.63. The molecule has 0 bridgehead atoms. The van der Waals surface area contributed by atoms with Crippen molar-refractivity contribution in [1.29, 1.82) is 0 Å². The molecule has 1 N–H and O–H groups in total. The van der Waals surface area contributed by atoms with Gasteiger partial charge in [0.15, 0.2) is 0 Å². The number of halogens is 1. The van der Waals surface area contributed by atoms with Gasteiger partial charge in [0.2, 0.25) is 0 Å². The Kier molecular flexibility index (Phi) is 4.81. The largest absolute Gasteiger partial charge is 0.489 e. The van der Waals surface area contributed by atoms with E-state index in [4.69, 9.17) is 16.3 Å². The molecule has 0 fully saturated rings. The van der Waals surface area contributed by atoms with Crippen LogP contribution >= 0.6 is 11.6 Å². The van der Waals surface area contributed by atoms with Crippen LogP contribution in [0.2, 0.25) is 5.02 Å². The van der Waals surface area contributed by atoms with Gasteiger partial charge >= 0.3 is 0 Å². The SMILES string of the molecule is Cc1c(Cl)ccc2c1NC(c1ccc(OCc3ccccc3)cc1)C1CC=CC21. The van der Waals surface area contributed by atoms with Gasteiger partial charge in [0.1, 0.15) is 12.4 Å². The molecule has 3 unspecified atom stereocenters. The van der Waals surface area contributed by atoms with E-state index in [-0.39, 0.29) is 6.04 Å². The number of hydrogen-bond donors (Lipinski definition) is 1. The molecule has 0 aromatic heterocycles. The average molecular weight is 402 g/mol. The molecule has 2 nitrogen and oxygen atoms in total. The van der Waals surface area contributed by atoms with Crippen LogP contribution < -0.4 is 10.1 Å². The summed E-state index contributed by atoms with van der Waals surface area (Å²) >= 11 is 6.41. The number of fused-ring (bicyclic) bond motifs is 3. The van der Waals surface area contributed by atoms with Crippen LogP contribution in [0.3, 0.4) is 0 Å². The second-order valence-corrected chi connectivity index (χ2v) is 8.36. The van der Waals surface area contributed by atoms with E-state index in [2.05, 4.69) is 66.9 Å². The van der Waals surface area contributed by atoms with Gasteiger partial charge in [-0.1, -0.05) is 72.3 Å². The van der Waals surface area contributed by atoms with Crippen molar-refractivity contribution in [3.05, 3.63) is 106 Å². The van der Waals surface area contributed by atoms with E-state index >= 15 is 0 Å². The molecule has 1 heterocycles. The molecule has 1 aliphatic carbocycles. The molecule has 2 aliphatic rings. The number of ether oxygens (including phenoxy) is 1. The van der Waals surface area contributed by atoms with Gasteiger partial charge in [-0.25, -0.2) is 0 Å². The van der Waals surface area contributed by atoms with Crippen LogP contribution in [0.4, 0.5) is 5.69 Å². The molecule has 146 valence electrons. The first-order valence-corrected chi connectivity index (χ1v) is 10.6. The summed E-state index contributed by atoms with van der Waals surface area (Å²) < 4.78 is 5.96. The van der Waals surface area contributed by atoms with Gasteiger partial charge < -0.3 is 10.1 Å². The Morgan fingerprint density at radius 3 is 2.59 bits per heavy atom. The van der Waals surface area contributed by atoms with E-state index in [0.717, 1.165) is 22.8 Å². The number of allylic oxidation sites excluding steroid dienone is 2. The molecule has 0 spiro atoms. The van der Waals surface area contributed by atoms with E-state index in [1.54, 1.807) is 0 Å². The van der Waals surface area contributed by atoms with Crippen molar-refractivity contribution in [3.63, 3.8) is 0 Å². The van der Waals surface area contributed by atoms with Crippen molar-refractivity contribution in [3.8, 4) is 5.75 Å². The quantitative estimate of drug-likeness (QED) is 0.472.